The average Bonchev–Trinajstić information content (AvgIpc) is 3.43. The third-order valence-electron chi connectivity index (χ3n) is 6.53. The molecule has 190 valence electrons. The van der Waals surface area contributed by atoms with Crippen molar-refractivity contribution in [3.05, 3.63) is 88.1 Å². The van der Waals surface area contributed by atoms with Gasteiger partial charge in [-0.2, -0.15) is 0 Å². The number of hydrogen-bond acceptors (Lipinski definition) is 6. The van der Waals surface area contributed by atoms with Crippen molar-refractivity contribution in [2.75, 3.05) is 33.3 Å². The van der Waals surface area contributed by atoms with Crippen LogP contribution in [0.4, 0.5) is 0 Å². The molecule has 2 N–H and O–H groups in total. The SMILES string of the molecule is COc1ccc(CNC(=O)C(=O)NC(C)C(c2cccs2)N2CCN(Cc3ccccc3)CC2)cc1. The quantitative estimate of drug-likeness (QED) is 0.435. The van der Waals surface area contributed by atoms with Crippen LogP contribution < -0.4 is 15.4 Å². The summed E-state index contributed by atoms with van der Waals surface area (Å²) in [4.78, 5) is 31.3. The van der Waals surface area contributed by atoms with Gasteiger partial charge in [0.1, 0.15) is 5.75 Å². The van der Waals surface area contributed by atoms with Crippen LogP contribution in [0, 0.1) is 0 Å². The van der Waals surface area contributed by atoms with Gasteiger partial charge in [-0.15, -0.1) is 11.3 Å². The number of nitrogens with one attached hydrogen (secondary N) is 2. The molecule has 36 heavy (non-hydrogen) atoms. The maximum Gasteiger partial charge on any atom is 0.309 e. The van der Waals surface area contributed by atoms with E-state index in [1.54, 1.807) is 18.4 Å². The molecule has 3 aromatic rings. The highest BCUT2D eigenvalue weighted by Crippen LogP contribution is 2.29. The van der Waals surface area contributed by atoms with Gasteiger partial charge >= 0.3 is 11.8 Å². The van der Waals surface area contributed by atoms with E-state index in [2.05, 4.69) is 56.1 Å². The van der Waals surface area contributed by atoms with E-state index in [0.29, 0.717) is 0 Å². The summed E-state index contributed by atoms with van der Waals surface area (Å²) < 4.78 is 5.15. The highest BCUT2D eigenvalue weighted by molar-refractivity contribution is 7.10. The molecule has 2 atom stereocenters. The van der Waals surface area contributed by atoms with Gasteiger partial charge in [-0.25, -0.2) is 0 Å². The number of piperazine rings is 1. The van der Waals surface area contributed by atoms with E-state index in [9.17, 15) is 9.59 Å². The lowest BCUT2D eigenvalue weighted by atomic mass is 10.0. The Morgan fingerprint density at radius 2 is 1.64 bits per heavy atom. The molecular formula is C28H34N4O3S. The van der Waals surface area contributed by atoms with Crippen LogP contribution in [-0.4, -0.2) is 60.9 Å². The van der Waals surface area contributed by atoms with Crippen LogP contribution in [0.5, 0.6) is 5.75 Å². The second-order valence-electron chi connectivity index (χ2n) is 9.05. The van der Waals surface area contributed by atoms with Crippen LogP contribution in [0.3, 0.4) is 0 Å². The van der Waals surface area contributed by atoms with E-state index >= 15 is 0 Å². The van der Waals surface area contributed by atoms with E-state index in [0.717, 1.165) is 44.0 Å². The van der Waals surface area contributed by atoms with Gasteiger partial charge in [-0.05, 0) is 41.6 Å². The van der Waals surface area contributed by atoms with Crippen molar-refractivity contribution in [2.24, 2.45) is 0 Å². The molecule has 1 saturated heterocycles. The fourth-order valence-electron chi connectivity index (χ4n) is 4.60. The van der Waals surface area contributed by atoms with Gasteiger partial charge < -0.3 is 15.4 Å². The predicted octanol–water partition coefficient (Wildman–Crippen LogP) is 3.44. The standard InChI is InChI=1S/C28H34N4O3S/c1-21(30-28(34)27(33)29-19-22-10-12-24(35-2)13-11-22)26(25-9-6-18-36-25)32-16-14-31(15-17-32)20-23-7-4-3-5-8-23/h3-13,18,21,26H,14-17,19-20H2,1-2H3,(H,29,33)(H,30,34). The largest absolute Gasteiger partial charge is 0.497 e. The predicted molar refractivity (Wildman–Crippen MR) is 143 cm³/mol. The topological polar surface area (TPSA) is 73.9 Å². The molecular weight excluding hydrogens is 472 g/mol. The van der Waals surface area contributed by atoms with Crippen LogP contribution in [-0.2, 0) is 22.7 Å². The monoisotopic (exact) mass is 506 g/mol. The van der Waals surface area contributed by atoms with Crippen molar-refractivity contribution < 1.29 is 14.3 Å². The summed E-state index contributed by atoms with van der Waals surface area (Å²) in [7, 11) is 1.61. The van der Waals surface area contributed by atoms with E-state index < -0.39 is 11.8 Å². The third-order valence-corrected chi connectivity index (χ3v) is 7.48. The molecule has 2 unspecified atom stereocenters. The number of amides is 2. The molecule has 1 aliphatic heterocycles. The Morgan fingerprint density at radius 1 is 0.917 bits per heavy atom. The Morgan fingerprint density at radius 3 is 2.28 bits per heavy atom. The molecule has 0 spiro atoms. The second-order valence-corrected chi connectivity index (χ2v) is 10.0. The van der Waals surface area contributed by atoms with Gasteiger partial charge in [-0.3, -0.25) is 19.4 Å². The highest BCUT2D eigenvalue weighted by atomic mass is 32.1. The number of hydrogen-bond donors (Lipinski definition) is 2. The van der Waals surface area contributed by atoms with Gasteiger partial charge in [0.25, 0.3) is 0 Å². The third kappa shape index (κ3) is 6.94. The van der Waals surface area contributed by atoms with Gasteiger partial charge in [0, 0.05) is 50.2 Å². The molecule has 1 fully saturated rings. The maximum atomic E-state index is 12.7. The van der Waals surface area contributed by atoms with E-state index in [-0.39, 0.29) is 18.6 Å². The summed E-state index contributed by atoms with van der Waals surface area (Å²) in [5.41, 5.74) is 2.22. The van der Waals surface area contributed by atoms with Crippen molar-refractivity contribution in [3.8, 4) is 5.75 Å². The Hall–Kier alpha value is -3.20. The molecule has 2 heterocycles. The maximum absolute atomic E-state index is 12.7. The van der Waals surface area contributed by atoms with E-state index in [1.807, 2.05) is 43.3 Å². The fraction of sp³-hybridized carbons (Fsp3) is 0.357. The van der Waals surface area contributed by atoms with E-state index in [1.165, 1.54) is 10.4 Å². The van der Waals surface area contributed by atoms with Crippen molar-refractivity contribution in [3.63, 3.8) is 0 Å². The minimum Gasteiger partial charge on any atom is -0.497 e. The molecule has 1 aliphatic rings. The van der Waals surface area contributed by atoms with Crippen molar-refractivity contribution in [2.45, 2.75) is 32.1 Å². The summed E-state index contributed by atoms with van der Waals surface area (Å²) in [6, 6.07) is 21.9. The smallest absolute Gasteiger partial charge is 0.309 e. The van der Waals surface area contributed by atoms with E-state index in [4.69, 9.17) is 4.74 Å². The molecule has 1 aromatic heterocycles. The molecule has 0 aliphatic carbocycles. The minimum atomic E-state index is -0.629. The number of carbonyl (C=O) groups is 2. The van der Waals surface area contributed by atoms with Crippen molar-refractivity contribution in [1.82, 2.24) is 20.4 Å². The Balaban J connectivity index is 1.32. The number of carbonyl (C=O) groups excluding carboxylic acids is 2. The minimum absolute atomic E-state index is 0.0159. The first-order chi connectivity index (χ1) is 17.5. The number of nitrogens with zero attached hydrogens (tertiary/aromatic N) is 2. The van der Waals surface area contributed by atoms with Gasteiger partial charge in [0.05, 0.1) is 13.2 Å². The zero-order valence-corrected chi connectivity index (χ0v) is 21.7. The number of ether oxygens (including phenoxy) is 1. The molecule has 0 radical (unpaired) electrons. The first kappa shape index (κ1) is 25.9. The summed E-state index contributed by atoms with van der Waals surface area (Å²) in [5, 5.41) is 7.73. The number of methoxy groups -OCH3 is 1. The van der Waals surface area contributed by atoms with Crippen molar-refractivity contribution in [1.29, 1.82) is 0 Å². The lowest BCUT2D eigenvalue weighted by Crippen LogP contribution is -2.53. The van der Waals surface area contributed by atoms with Crippen LogP contribution in [0.1, 0.15) is 29.0 Å². The summed E-state index contributed by atoms with van der Waals surface area (Å²) in [5.74, 6) is -0.493. The molecule has 0 bridgehead atoms. The number of benzene rings is 2. The summed E-state index contributed by atoms with van der Waals surface area (Å²) >= 11 is 1.69. The lowest BCUT2D eigenvalue weighted by molar-refractivity contribution is -0.140. The molecule has 0 saturated carbocycles. The molecule has 2 amide bonds. The fourth-order valence-corrected chi connectivity index (χ4v) is 5.56. The second kappa shape index (κ2) is 12.7. The lowest BCUT2D eigenvalue weighted by Gasteiger charge is -2.41. The Labute approximate surface area is 217 Å². The van der Waals surface area contributed by atoms with Gasteiger partial charge in [0.15, 0.2) is 0 Å². The zero-order valence-electron chi connectivity index (χ0n) is 20.9. The number of thiophene rings is 1. The summed E-state index contributed by atoms with van der Waals surface area (Å²) in [6.45, 7) is 6.93. The van der Waals surface area contributed by atoms with Crippen LogP contribution in [0.2, 0.25) is 0 Å². The first-order valence-electron chi connectivity index (χ1n) is 12.3. The average molecular weight is 507 g/mol. The molecule has 8 heteroatoms. The van der Waals surface area contributed by atoms with Crippen LogP contribution in [0.25, 0.3) is 0 Å². The van der Waals surface area contributed by atoms with Crippen LogP contribution in [0.15, 0.2) is 72.1 Å². The van der Waals surface area contributed by atoms with Crippen molar-refractivity contribution >= 4 is 23.2 Å². The molecule has 2 aromatic carbocycles. The molecule has 4 rings (SSSR count). The van der Waals surface area contributed by atoms with Gasteiger partial charge in [-0.1, -0.05) is 48.5 Å². The van der Waals surface area contributed by atoms with Gasteiger partial charge in [0.2, 0.25) is 0 Å². The Kier molecular flexibility index (Phi) is 9.11. The number of rotatable bonds is 9. The highest BCUT2D eigenvalue weighted by Gasteiger charge is 2.31. The van der Waals surface area contributed by atoms with Crippen LogP contribution >= 0.6 is 11.3 Å². The normalized spacial score (nSPS) is 16.2. The zero-order chi connectivity index (χ0) is 25.3. The summed E-state index contributed by atoms with van der Waals surface area (Å²) in [6.07, 6.45) is 0. The Bertz CT molecular complexity index is 1100. The molecule has 7 nitrogen and oxygen atoms in total. The first-order valence-corrected chi connectivity index (χ1v) is 13.2.